The molecule has 0 unspecified atom stereocenters. The molecule has 0 spiro atoms. The van der Waals surface area contributed by atoms with Crippen molar-refractivity contribution in [2.45, 2.75) is 32.1 Å². The average Bonchev–Trinajstić information content (AvgIpc) is 2.21. The van der Waals surface area contributed by atoms with Crippen LogP contribution in [0.4, 0.5) is 0 Å². The van der Waals surface area contributed by atoms with E-state index in [1.165, 1.54) is 37.7 Å². The summed E-state index contributed by atoms with van der Waals surface area (Å²) >= 11 is 0. The summed E-state index contributed by atoms with van der Waals surface area (Å²) in [5.74, 6) is 1.67. The van der Waals surface area contributed by atoms with Crippen molar-refractivity contribution in [3.05, 3.63) is 41.8 Å². The second-order valence-corrected chi connectivity index (χ2v) is 3.53. The Kier molecular flexibility index (Phi) is 2.45. The highest BCUT2D eigenvalue weighted by molar-refractivity contribution is 5.30. The molecule has 1 saturated carbocycles. The largest absolute Gasteiger partial charge is 0.0622 e. The van der Waals surface area contributed by atoms with Crippen LogP contribution in [-0.2, 0) is 0 Å². The van der Waals surface area contributed by atoms with Crippen molar-refractivity contribution in [1.82, 2.24) is 0 Å². The summed E-state index contributed by atoms with van der Waals surface area (Å²) in [5, 5.41) is 0. The van der Waals surface area contributed by atoms with Gasteiger partial charge in [0.1, 0.15) is 0 Å². The summed E-state index contributed by atoms with van der Waals surface area (Å²) < 4.78 is 0. The molecule has 0 bridgehead atoms. The minimum absolute atomic E-state index is 1.32. The lowest BCUT2D eigenvalue weighted by Gasteiger charge is -2.20. The lowest BCUT2D eigenvalue weighted by Crippen LogP contribution is -2.04. The van der Waals surface area contributed by atoms with Gasteiger partial charge in [0.25, 0.3) is 0 Å². The van der Waals surface area contributed by atoms with Gasteiger partial charge in [0.15, 0.2) is 0 Å². The molecule has 1 aliphatic rings. The van der Waals surface area contributed by atoms with Gasteiger partial charge in [0, 0.05) is 5.92 Å². The van der Waals surface area contributed by atoms with Crippen molar-refractivity contribution in [3.8, 4) is 0 Å². The smallest absolute Gasteiger partial charge is 0.00498 e. The van der Waals surface area contributed by atoms with Crippen molar-refractivity contribution in [2.24, 2.45) is 0 Å². The molecular weight excluding hydrogens is 144 g/mol. The fourth-order valence-electron chi connectivity index (χ4n) is 1.94. The van der Waals surface area contributed by atoms with Gasteiger partial charge in [-0.2, -0.15) is 0 Å². The molecule has 2 rings (SSSR count). The van der Waals surface area contributed by atoms with Crippen LogP contribution in [-0.4, -0.2) is 0 Å². The van der Waals surface area contributed by atoms with Gasteiger partial charge in [-0.3, -0.25) is 0 Å². The Balaban J connectivity index is 2.08. The molecule has 0 aromatic heterocycles. The third kappa shape index (κ3) is 1.69. The van der Waals surface area contributed by atoms with E-state index in [1.807, 2.05) is 0 Å². The van der Waals surface area contributed by atoms with Crippen LogP contribution in [0.25, 0.3) is 0 Å². The molecule has 1 radical (unpaired) electrons. The molecule has 0 saturated heterocycles. The maximum absolute atomic E-state index is 2.24. The van der Waals surface area contributed by atoms with Crippen molar-refractivity contribution in [3.63, 3.8) is 0 Å². The second kappa shape index (κ2) is 3.75. The first kappa shape index (κ1) is 7.85. The third-order valence-electron chi connectivity index (χ3n) is 2.64. The van der Waals surface area contributed by atoms with Crippen molar-refractivity contribution in [1.29, 1.82) is 0 Å². The molecule has 1 fully saturated rings. The molecule has 0 amide bonds. The zero-order valence-electron chi connectivity index (χ0n) is 7.42. The zero-order chi connectivity index (χ0) is 8.23. The first-order valence-corrected chi connectivity index (χ1v) is 4.87. The first-order valence-electron chi connectivity index (χ1n) is 4.87. The molecule has 1 aromatic rings. The highest BCUT2D eigenvalue weighted by Gasteiger charge is 2.14. The molecule has 0 nitrogen and oxygen atoms in total. The highest BCUT2D eigenvalue weighted by Crippen LogP contribution is 2.31. The molecule has 0 N–H and O–H groups in total. The molecule has 1 aromatic carbocycles. The predicted molar refractivity (Wildman–Crippen MR) is 51.9 cm³/mol. The van der Waals surface area contributed by atoms with E-state index in [4.69, 9.17) is 0 Å². The Labute approximate surface area is 74.6 Å². The average molecular weight is 159 g/mol. The summed E-state index contributed by atoms with van der Waals surface area (Å²) in [6.45, 7) is 0. The third-order valence-corrected chi connectivity index (χ3v) is 2.64. The van der Waals surface area contributed by atoms with E-state index >= 15 is 0 Å². The number of rotatable bonds is 1. The van der Waals surface area contributed by atoms with Crippen molar-refractivity contribution < 1.29 is 0 Å². The van der Waals surface area contributed by atoms with Gasteiger partial charge in [-0.15, -0.1) is 0 Å². The second-order valence-electron chi connectivity index (χ2n) is 3.53. The van der Waals surface area contributed by atoms with Gasteiger partial charge in [0.2, 0.25) is 0 Å². The predicted octanol–water partition coefficient (Wildman–Crippen LogP) is 3.57. The molecule has 1 aliphatic carbocycles. The van der Waals surface area contributed by atoms with E-state index in [0.717, 1.165) is 0 Å². The van der Waals surface area contributed by atoms with Crippen LogP contribution in [0.1, 0.15) is 37.7 Å². The minimum atomic E-state index is 1.32. The molecule has 0 heteroatoms. The van der Waals surface area contributed by atoms with E-state index in [0.29, 0.717) is 0 Å². The fourth-order valence-corrected chi connectivity index (χ4v) is 1.94. The van der Waals surface area contributed by atoms with E-state index < -0.39 is 0 Å². The molecule has 63 valence electrons. The van der Waals surface area contributed by atoms with Crippen molar-refractivity contribution >= 4 is 0 Å². The Bertz CT molecular complexity index is 219. The summed E-state index contributed by atoms with van der Waals surface area (Å²) in [5.41, 5.74) is 1.47. The van der Waals surface area contributed by atoms with Gasteiger partial charge >= 0.3 is 0 Å². The maximum Gasteiger partial charge on any atom is 0.00498 e. The summed E-state index contributed by atoms with van der Waals surface area (Å²) in [4.78, 5) is 0. The number of hydrogen-bond donors (Lipinski definition) is 0. The van der Waals surface area contributed by atoms with Gasteiger partial charge < -0.3 is 0 Å². The molecule has 0 aliphatic heterocycles. The van der Waals surface area contributed by atoms with Crippen LogP contribution >= 0.6 is 0 Å². The quantitative estimate of drug-likeness (QED) is 0.587. The Morgan fingerprint density at radius 3 is 2.08 bits per heavy atom. The van der Waals surface area contributed by atoms with Crippen LogP contribution in [0.2, 0.25) is 0 Å². The van der Waals surface area contributed by atoms with E-state index in [-0.39, 0.29) is 0 Å². The Morgan fingerprint density at radius 2 is 1.42 bits per heavy atom. The minimum Gasteiger partial charge on any atom is -0.0622 e. The topological polar surface area (TPSA) is 0 Å². The molecule has 0 atom stereocenters. The number of hydrogen-bond acceptors (Lipinski definition) is 0. The summed E-state index contributed by atoms with van der Waals surface area (Å²) in [6.07, 6.45) is 6.86. The Hall–Kier alpha value is -0.780. The van der Waals surface area contributed by atoms with Gasteiger partial charge in [-0.25, -0.2) is 0 Å². The SMILES string of the molecule is c1ccc([C]2CCCCC2)cc1. The van der Waals surface area contributed by atoms with E-state index in [9.17, 15) is 0 Å². The standard InChI is InChI=1S/C12H15/c1-3-7-11(8-4-1)12-9-5-2-6-10-12/h1,3-4,7-8H,2,5-6,9-10H2. The zero-order valence-corrected chi connectivity index (χ0v) is 7.42. The monoisotopic (exact) mass is 159 g/mol. The molecule has 12 heavy (non-hydrogen) atoms. The van der Waals surface area contributed by atoms with Crippen LogP contribution in [0, 0.1) is 5.92 Å². The van der Waals surface area contributed by atoms with Crippen LogP contribution in [0.5, 0.6) is 0 Å². The Morgan fingerprint density at radius 1 is 0.750 bits per heavy atom. The maximum atomic E-state index is 2.24. The van der Waals surface area contributed by atoms with E-state index in [1.54, 1.807) is 5.92 Å². The lowest BCUT2D eigenvalue weighted by atomic mass is 9.84. The first-order chi connectivity index (χ1) is 5.97. The summed E-state index contributed by atoms with van der Waals surface area (Å²) in [6, 6.07) is 10.8. The highest BCUT2D eigenvalue weighted by atomic mass is 14.2. The summed E-state index contributed by atoms with van der Waals surface area (Å²) in [7, 11) is 0. The van der Waals surface area contributed by atoms with Crippen LogP contribution in [0.3, 0.4) is 0 Å². The number of benzene rings is 1. The van der Waals surface area contributed by atoms with Gasteiger partial charge in [-0.05, 0) is 18.4 Å². The van der Waals surface area contributed by atoms with Gasteiger partial charge in [-0.1, -0.05) is 49.6 Å². The fraction of sp³-hybridized carbons (Fsp3) is 0.417. The van der Waals surface area contributed by atoms with Gasteiger partial charge in [0.05, 0.1) is 0 Å². The molecular formula is C12H15. The van der Waals surface area contributed by atoms with Crippen LogP contribution < -0.4 is 0 Å². The van der Waals surface area contributed by atoms with Crippen molar-refractivity contribution in [2.75, 3.05) is 0 Å². The van der Waals surface area contributed by atoms with Crippen LogP contribution in [0.15, 0.2) is 30.3 Å². The normalized spacial score (nSPS) is 19.3. The lowest BCUT2D eigenvalue weighted by molar-refractivity contribution is 0.551. The van der Waals surface area contributed by atoms with E-state index in [2.05, 4.69) is 30.3 Å². The molecule has 0 heterocycles.